The second-order valence-corrected chi connectivity index (χ2v) is 7.11. The maximum absolute atomic E-state index is 11.5. The van der Waals surface area contributed by atoms with E-state index in [1.807, 2.05) is 18.2 Å². The number of carbonyl (C=O) groups is 1. The van der Waals surface area contributed by atoms with Crippen molar-refractivity contribution in [2.75, 3.05) is 13.2 Å². The Morgan fingerprint density at radius 2 is 1.55 bits per heavy atom. The minimum Gasteiger partial charge on any atom is -0.463 e. The molecular formula is C25H40O6. The number of ether oxygens (including phenoxy) is 1. The smallest absolute Gasteiger partial charge is 0.305 e. The summed E-state index contributed by atoms with van der Waals surface area (Å²) in [5.41, 5.74) is 0. The Kier molecular flexibility index (Phi) is 21.2. The summed E-state index contributed by atoms with van der Waals surface area (Å²) < 4.78 is 4.83. The molecule has 0 aliphatic carbocycles. The van der Waals surface area contributed by atoms with E-state index in [-0.39, 0.29) is 25.1 Å². The molecule has 0 rings (SSSR count). The Bertz CT molecular complexity index is 562. The van der Waals surface area contributed by atoms with Crippen LogP contribution in [0.3, 0.4) is 0 Å². The van der Waals surface area contributed by atoms with Crippen LogP contribution in [-0.2, 0) is 14.4 Å². The SMILES string of the molecule is CC/C=C\C/C=C\C/C=C\C/C=C\C=C\C(CCCCCC(=O)OCC(O)CO)OO. The molecule has 0 aliphatic heterocycles. The van der Waals surface area contributed by atoms with Crippen LogP contribution >= 0.6 is 0 Å². The molecule has 0 heterocycles. The predicted molar refractivity (Wildman–Crippen MR) is 124 cm³/mol. The average Bonchev–Trinajstić information content (AvgIpc) is 2.78. The zero-order valence-electron chi connectivity index (χ0n) is 18.8. The van der Waals surface area contributed by atoms with Crippen LogP contribution in [0.2, 0.25) is 0 Å². The lowest BCUT2D eigenvalue weighted by molar-refractivity contribution is -0.267. The highest BCUT2D eigenvalue weighted by atomic mass is 17.1. The molecule has 176 valence electrons. The summed E-state index contributed by atoms with van der Waals surface area (Å²) in [5.74, 6) is -0.387. The molecule has 0 aromatic carbocycles. The van der Waals surface area contributed by atoms with E-state index in [0.717, 1.165) is 38.5 Å². The number of carbonyl (C=O) groups excluding carboxylic acids is 1. The normalized spacial score (nSPS) is 14.6. The highest BCUT2D eigenvalue weighted by molar-refractivity contribution is 5.69. The van der Waals surface area contributed by atoms with Crippen molar-refractivity contribution in [3.05, 3.63) is 60.8 Å². The second-order valence-electron chi connectivity index (χ2n) is 7.11. The van der Waals surface area contributed by atoms with Gasteiger partial charge in [0.15, 0.2) is 0 Å². The molecule has 0 amide bonds. The van der Waals surface area contributed by atoms with E-state index in [4.69, 9.17) is 20.2 Å². The first-order chi connectivity index (χ1) is 15.1. The molecule has 3 N–H and O–H groups in total. The van der Waals surface area contributed by atoms with Crippen LogP contribution in [0, 0.1) is 0 Å². The van der Waals surface area contributed by atoms with E-state index in [0.29, 0.717) is 12.8 Å². The third kappa shape index (κ3) is 21.0. The van der Waals surface area contributed by atoms with Crippen LogP contribution in [0.25, 0.3) is 0 Å². The molecule has 2 atom stereocenters. The van der Waals surface area contributed by atoms with Crippen LogP contribution < -0.4 is 0 Å². The summed E-state index contributed by atoms with van der Waals surface area (Å²) in [5, 5.41) is 26.8. The van der Waals surface area contributed by atoms with Crippen molar-refractivity contribution in [3.63, 3.8) is 0 Å². The average molecular weight is 437 g/mol. The van der Waals surface area contributed by atoms with Crippen LogP contribution in [0.5, 0.6) is 0 Å². The van der Waals surface area contributed by atoms with Crippen molar-refractivity contribution in [1.82, 2.24) is 0 Å². The number of allylic oxidation sites excluding steroid dienone is 9. The lowest BCUT2D eigenvalue weighted by atomic mass is 10.1. The maximum atomic E-state index is 11.5. The number of aliphatic hydroxyl groups excluding tert-OH is 2. The van der Waals surface area contributed by atoms with Crippen molar-refractivity contribution in [2.45, 2.75) is 76.9 Å². The lowest BCUT2D eigenvalue weighted by Gasteiger charge is -2.09. The van der Waals surface area contributed by atoms with Crippen molar-refractivity contribution in [1.29, 1.82) is 0 Å². The Morgan fingerprint density at radius 1 is 0.903 bits per heavy atom. The van der Waals surface area contributed by atoms with Gasteiger partial charge in [-0.1, -0.05) is 80.5 Å². The molecule has 0 fully saturated rings. The van der Waals surface area contributed by atoms with E-state index in [1.165, 1.54) is 0 Å². The van der Waals surface area contributed by atoms with Crippen LogP contribution in [0.15, 0.2) is 60.8 Å². The molecule has 6 nitrogen and oxygen atoms in total. The summed E-state index contributed by atoms with van der Waals surface area (Å²) in [6.45, 7) is 1.52. The van der Waals surface area contributed by atoms with Gasteiger partial charge < -0.3 is 14.9 Å². The molecule has 0 radical (unpaired) electrons. The number of hydrogen-bond acceptors (Lipinski definition) is 6. The predicted octanol–water partition coefficient (Wildman–Crippen LogP) is 5.05. The summed E-state index contributed by atoms with van der Waals surface area (Å²) in [7, 11) is 0. The molecule has 0 aromatic heterocycles. The van der Waals surface area contributed by atoms with E-state index < -0.39 is 12.7 Å². The monoisotopic (exact) mass is 436 g/mol. The van der Waals surface area contributed by atoms with Gasteiger partial charge in [0.25, 0.3) is 0 Å². The number of unbranched alkanes of at least 4 members (excludes halogenated alkanes) is 2. The van der Waals surface area contributed by atoms with Crippen LogP contribution in [0.4, 0.5) is 0 Å². The molecule has 0 saturated heterocycles. The number of rotatable bonds is 19. The zero-order valence-corrected chi connectivity index (χ0v) is 18.8. The Hall–Kier alpha value is -1.99. The van der Waals surface area contributed by atoms with Gasteiger partial charge in [-0.05, 0) is 38.5 Å². The summed E-state index contributed by atoms with van der Waals surface area (Å²) in [4.78, 5) is 15.9. The van der Waals surface area contributed by atoms with Gasteiger partial charge in [0, 0.05) is 6.42 Å². The van der Waals surface area contributed by atoms with E-state index in [1.54, 1.807) is 6.08 Å². The van der Waals surface area contributed by atoms with Crippen molar-refractivity contribution in [3.8, 4) is 0 Å². The fourth-order valence-electron chi connectivity index (χ4n) is 2.52. The Labute approximate surface area is 187 Å². The molecule has 0 saturated carbocycles. The number of aliphatic hydroxyl groups is 2. The molecule has 0 aliphatic rings. The van der Waals surface area contributed by atoms with Crippen molar-refractivity contribution < 1.29 is 29.9 Å². The van der Waals surface area contributed by atoms with Crippen LogP contribution in [0.1, 0.15) is 64.7 Å². The van der Waals surface area contributed by atoms with Gasteiger partial charge in [-0.25, -0.2) is 4.89 Å². The minimum absolute atomic E-state index is 0.183. The standard InChI is InChI=1S/C25H40O6/c1-2-3-4-5-6-7-8-9-10-11-12-13-15-18-24(31-29)19-16-14-17-20-25(28)30-22-23(27)21-26/h3-4,6-7,9-10,12-13,15,18,23-24,26-27,29H,2,5,8,11,14,16-17,19-22H2,1H3/b4-3-,7-6-,10-9-,13-12-,18-15+. The van der Waals surface area contributed by atoms with Crippen LogP contribution in [-0.4, -0.2) is 46.9 Å². The van der Waals surface area contributed by atoms with Gasteiger partial charge in [-0.15, -0.1) is 0 Å². The molecule has 0 spiro atoms. The highest BCUT2D eigenvalue weighted by Gasteiger charge is 2.08. The fourth-order valence-corrected chi connectivity index (χ4v) is 2.52. The van der Waals surface area contributed by atoms with Crippen molar-refractivity contribution >= 4 is 5.97 Å². The largest absolute Gasteiger partial charge is 0.463 e. The van der Waals surface area contributed by atoms with Gasteiger partial charge >= 0.3 is 5.97 Å². The second kappa shape index (κ2) is 22.7. The maximum Gasteiger partial charge on any atom is 0.305 e. The van der Waals surface area contributed by atoms with Gasteiger partial charge in [0.05, 0.1) is 6.61 Å². The Morgan fingerprint density at radius 3 is 2.16 bits per heavy atom. The molecule has 2 unspecified atom stereocenters. The Balaban J connectivity index is 3.81. The fraction of sp³-hybridized carbons (Fsp3) is 0.560. The van der Waals surface area contributed by atoms with Crippen molar-refractivity contribution in [2.24, 2.45) is 0 Å². The third-order valence-corrected chi connectivity index (χ3v) is 4.28. The zero-order chi connectivity index (χ0) is 23.0. The van der Waals surface area contributed by atoms with E-state index in [2.05, 4.69) is 48.3 Å². The minimum atomic E-state index is -1.02. The molecule has 0 aromatic rings. The highest BCUT2D eigenvalue weighted by Crippen LogP contribution is 2.10. The third-order valence-electron chi connectivity index (χ3n) is 4.28. The first-order valence-electron chi connectivity index (χ1n) is 11.2. The first-order valence-corrected chi connectivity index (χ1v) is 11.2. The van der Waals surface area contributed by atoms with E-state index in [9.17, 15) is 4.79 Å². The van der Waals surface area contributed by atoms with Gasteiger partial charge in [-0.3, -0.25) is 10.1 Å². The number of esters is 1. The summed E-state index contributed by atoms with van der Waals surface area (Å²) >= 11 is 0. The first kappa shape index (κ1) is 29.0. The molecule has 31 heavy (non-hydrogen) atoms. The van der Waals surface area contributed by atoms with E-state index >= 15 is 0 Å². The lowest BCUT2D eigenvalue weighted by Crippen LogP contribution is -2.21. The van der Waals surface area contributed by atoms with Gasteiger partial charge in [-0.2, -0.15) is 0 Å². The molecule has 0 bridgehead atoms. The summed E-state index contributed by atoms with van der Waals surface area (Å²) in [6, 6.07) is 0. The van der Waals surface area contributed by atoms with Gasteiger partial charge in [0.1, 0.15) is 18.8 Å². The summed E-state index contributed by atoms with van der Waals surface area (Å²) in [6.07, 6.45) is 26.2. The van der Waals surface area contributed by atoms with Gasteiger partial charge in [0.2, 0.25) is 0 Å². The molecular weight excluding hydrogens is 396 g/mol. The quantitative estimate of drug-likeness (QED) is 0.0655. The topological polar surface area (TPSA) is 96.2 Å². The molecule has 6 heteroatoms. The number of hydrogen-bond donors (Lipinski definition) is 3.